The van der Waals surface area contributed by atoms with Gasteiger partial charge in [-0.3, -0.25) is 0 Å². The van der Waals surface area contributed by atoms with Crippen LogP contribution in [0.5, 0.6) is 5.75 Å². The summed E-state index contributed by atoms with van der Waals surface area (Å²) in [5.74, 6) is 0.527. The lowest BCUT2D eigenvalue weighted by atomic mass is 9.89. The zero-order valence-corrected chi connectivity index (χ0v) is 13.9. The number of hydrogen-bond donors (Lipinski definition) is 1. The molecule has 0 heterocycles. The summed E-state index contributed by atoms with van der Waals surface area (Å²) in [6.07, 6.45) is 10.8. The number of phenolic OH excluding ortho intramolecular Hbond substituents is 1. The monoisotopic (exact) mass is 276 g/mol. The summed E-state index contributed by atoms with van der Waals surface area (Å²) in [4.78, 5) is 0. The maximum absolute atomic E-state index is 10.3. The van der Waals surface area contributed by atoms with Crippen molar-refractivity contribution in [1.29, 1.82) is 0 Å². The van der Waals surface area contributed by atoms with E-state index in [9.17, 15) is 5.11 Å². The Balaban J connectivity index is 2.86. The second-order valence-electron chi connectivity index (χ2n) is 5.92. The van der Waals surface area contributed by atoms with E-state index >= 15 is 0 Å². The first-order valence-electron chi connectivity index (χ1n) is 8.48. The van der Waals surface area contributed by atoms with Crippen LogP contribution >= 0.6 is 0 Å². The summed E-state index contributed by atoms with van der Waals surface area (Å²) >= 11 is 0. The highest BCUT2D eigenvalue weighted by atomic mass is 16.3. The topological polar surface area (TPSA) is 20.2 Å². The van der Waals surface area contributed by atoms with Gasteiger partial charge in [0, 0.05) is 0 Å². The van der Waals surface area contributed by atoms with Gasteiger partial charge < -0.3 is 5.11 Å². The van der Waals surface area contributed by atoms with E-state index in [1.54, 1.807) is 0 Å². The summed E-state index contributed by atoms with van der Waals surface area (Å²) in [6, 6.07) is 1.97. The Kier molecular flexibility index (Phi) is 7.72. The molecule has 0 bridgehead atoms. The Labute approximate surface area is 125 Å². The lowest BCUT2D eigenvalue weighted by Gasteiger charge is -2.18. The summed E-state index contributed by atoms with van der Waals surface area (Å²) in [5.41, 5.74) is 5.38. The third-order valence-electron chi connectivity index (χ3n) is 4.25. The second-order valence-corrected chi connectivity index (χ2v) is 5.92. The summed E-state index contributed by atoms with van der Waals surface area (Å²) in [6.45, 7) is 8.83. The van der Waals surface area contributed by atoms with Gasteiger partial charge in [0.1, 0.15) is 5.75 Å². The van der Waals surface area contributed by atoms with Crippen molar-refractivity contribution in [3.05, 3.63) is 28.3 Å². The van der Waals surface area contributed by atoms with Crippen molar-refractivity contribution in [2.24, 2.45) is 0 Å². The Bertz CT molecular complexity index is 407. The van der Waals surface area contributed by atoms with Crippen molar-refractivity contribution in [3.63, 3.8) is 0 Å². The molecule has 0 aliphatic carbocycles. The first-order chi connectivity index (χ1) is 9.65. The van der Waals surface area contributed by atoms with E-state index in [-0.39, 0.29) is 0 Å². The molecule has 20 heavy (non-hydrogen) atoms. The second kappa shape index (κ2) is 9.05. The molecule has 0 aliphatic heterocycles. The Morgan fingerprint density at radius 3 is 2.10 bits per heavy atom. The molecular formula is C19H32O. The summed E-state index contributed by atoms with van der Waals surface area (Å²) in [7, 11) is 0. The van der Waals surface area contributed by atoms with Gasteiger partial charge in [0.05, 0.1) is 0 Å². The fraction of sp³-hybridized carbons (Fsp3) is 0.684. The Hall–Kier alpha value is -0.980. The molecule has 0 atom stereocenters. The average Bonchev–Trinajstić information content (AvgIpc) is 2.42. The number of benzene rings is 1. The SMILES string of the molecule is CCCCCCCc1c(O)cc(C)c(CC)c1CCC. The maximum Gasteiger partial charge on any atom is 0.119 e. The van der Waals surface area contributed by atoms with Gasteiger partial charge >= 0.3 is 0 Å². The number of unbranched alkanes of at least 4 members (excludes halogenated alkanes) is 4. The van der Waals surface area contributed by atoms with Crippen molar-refractivity contribution < 1.29 is 5.11 Å². The van der Waals surface area contributed by atoms with Crippen molar-refractivity contribution in [2.75, 3.05) is 0 Å². The molecule has 1 rings (SSSR count). The molecule has 1 heteroatoms. The first-order valence-corrected chi connectivity index (χ1v) is 8.48. The van der Waals surface area contributed by atoms with Crippen LogP contribution in [0.1, 0.15) is 81.5 Å². The fourth-order valence-electron chi connectivity index (χ4n) is 3.18. The molecule has 0 radical (unpaired) electrons. The average molecular weight is 276 g/mol. The van der Waals surface area contributed by atoms with E-state index in [1.807, 2.05) is 6.07 Å². The predicted molar refractivity (Wildman–Crippen MR) is 88.7 cm³/mol. The van der Waals surface area contributed by atoms with Gasteiger partial charge in [-0.1, -0.05) is 52.9 Å². The highest BCUT2D eigenvalue weighted by Gasteiger charge is 2.14. The highest BCUT2D eigenvalue weighted by Crippen LogP contribution is 2.31. The third kappa shape index (κ3) is 4.54. The van der Waals surface area contributed by atoms with E-state index in [4.69, 9.17) is 0 Å². The quantitative estimate of drug-likeness (QED) is 0.571. The molecule has 0 spiro atoms. The van der Waals surface area contributed by atoms with E-state index in [0.717, 1.165) is 25.7 Å². The minimum Gasteiger partial charge on any atom is -0.508 e. The molecule has 0 aliphatic rings. The number of rotatable bonds is 9. The van der Waals surface area contributed by atoms with Crippen LogP contribution in [0.25, 0.3) is 0 Å². The largest absolute Gasteiger partial charge is 0.508 e. The molecule has 1 aromatic carbocycles. The van der Waals surface area contributed by atoms with Crippen LogP contribution in [0.2, 0.25) is 0 Å². The molecule has 1 N–H and O–H groups in total. The van der Waals surface area contributed by atoms with Crippen LogP contribution in [0.15, 0.2) is 6.07 Å². The molecule has 0 saturated carbocycles. The van der Waals surface area contributed by atoms with Crippen molar-refractivity contribution in [3.8, 4) is 5.75 Å². The van der Waals surface area contributed by atoms with E-state index in [1.165, 1.54) is 54.4 Å². The Morgan fingerprint density at radius 1 is 0.800 bits per heavy atom. The van der Waals surface area contributed by atoms with Gasteiger partial charge in [-0.15, -0.1) is 0 Å². The van der Waals surface area contributed by atoms with Crippen molar-refractivity contribution >= 4 is 0 Å². The molecule has 0 saturated heterocycles. The molecule has 0 unspecified atom stereocenters. The zero-order valence-electron chi connectivity index (χ0n) is 13.9. The van der Waals surface area contributed by atoms with Gasteiger partial charge in [0.2, 0.25) is 0 Å². The van der Waals surface area contributed by atoms with Crippen molar-refractivity contribution in [2.45, 2.75) is 85.5 Å². The lowest BCUT2D eigenvalue weighted by Crippen LogP contribution is -2.03. The van der Waals surface area contributed by atoms with Crippen LogP contribution in [-0.4, -0.2) is 5.11 Å². The minimum absolute atomic E-state index is 0.527. The van der Waals surface area contributed by atoms with Gasteiger partial charge in [-0.2, -0.15) is 0 Å². The molecule has 0 fully saturated rings. The van der Waals surface area contributed by atoms with Gasteiger partial charge in [0.15, 0.2) is 0 Å². The fourth-order valence-corrected chi connectivity index (χ4v) is 3.18. The number of aryl methyl sites for hydroxylation is 1. The summed E-state index contributed by atoms with van der Waals surface area (Å²) in [5, 5.41) is 10.3. The van der Waals surface area contributed by atoms with Gasteiger partial charge in [0.25, 0.3) is 0 Å². The number of hydrogen-bond acceptors (Lipinski definition) is 1. The van der Waals surface area contributed by atoms with Crippen LogP contribution in [0.3, 0.4) is 0 Å². The van der Waals surface area contributed by atoms with Gasteiger partial charge in [-0.05, 0) is 60.9 Å². The molecule has 114 valence electrons. The minimum atomic E-state index is 0.527. The van der Waals surface area contributed by atoms with Crippen molar-refractivity contribution in [1.82, 2.24) is 0 Å². The maximum atomic E-state index is 10.3. The van der Waals surface area contributed by atoms with E-state index < -0.39 is 0 Å². The van der Waals surface area contributed by atoms with Gasteiger partial charge in [-0.25, -0.2) is 0 Å². The van der Waals surface area contributed by atoms with Crippen LogP contribution < -0.4 is 0 Å². The normalized spacial score (nSPS) is 11.0. The Morgan fingerprint density at radius 2 is 1.50 bits per heavy atom. The first kappa shape index (κ1) is 17.1. The summed E-state index contributed by atoms with van der Waals surface area (Å²) < 4.78 is 0. The lowest BCUT2D eigenvalue weighted by molar-refractivity contribution is 0.463. The number of aromatic hydroxyl groups is 1. The number of phenols is 1. The predicted octanol–water partition coefficient (Wildman–Crippen LogP) is 5.73. The van der Waals surface area contributed by atoms with E-state index in [2.05, 4.69) is 27.7 Å². The molecular weight excluding hydrogens is 244 g/mol. The third-order valence-corrected chi connectivity index (χ3v) is 4.25. The molecule has 0 aromatic heterocycles. The zero-order chi connectivity index (χ0) is 15.0. The standard InChI is InChI=1S/C19H32O/c1-5-8-9-10-11-13-18-17(12-6-2)16(7-3)15(4)14-19(18)20/h14,20H,5-13H2,1-4H3. The van der Waals surface area contributed by atoms with Crippen LogP contribution in [0.4, 0.5) is 0 Å². The molecule has 0 amide bonds. The van der Waals surface area contributed by atoms with Crippen LogP contribution in [0, 0.1) is 6.92 Å². The van der Waals surface area contributed by atoms with Crippen LogP contribution in [-0.2, 0) is 19.3 Å². The van der Waals surface area contributed by atoms with E-state index in [0.29, 0.717) is 5.75 Å². The highest BCUT2D eigenvalue weighted by molar-refractivity contribution is 5.49. The smallest absolute Gasteiger partial charge is 0.119 e. The molecule has 1 nitrogen and oxygen atoms in total. The molecule has 1 aromatic rings.